The van der Waals surface area contributed by atoms with Gasteiger partial charge in [-0.15, -0.1) is 0 Å². The van der Waals surface area contributed by atoms with E-state index < -0.39 is 0 Å². The van der Waals surface area contributed by atoms with Crippen molar-refractivity contribution < 1.29 is 0 Å². The quantitative estimate of drug-likeness (QED) is 0.154. The number of benzene rings is 8. The van der Waals surface area contributed by atoms with Crippen molar-refractivity contribution in [1.82, 2.24) is 0 Å². The monoisotopic (exact) mass is 906 g/mol. The molecule has 292 valence electrons. The van der Waals surface area contributed by atoms with Crippen LogP contribution in [-0.4, -0.2) is 58.1 Å². The molecular formula is C56H46N2Se2. The molecule has 8 aromatic rings. The zero-order valence-electron chi connectivity index (χ0n) is 34.3. The van der Waals surface area contributed by atoms with E-state index in [9.17, 15) is 0 Å². The molecule has 0 spiro atoms. The topological polar surface area (TPSA) is 6.48 Å². The molecule has 6 aliphatic carbocycles. The number of hydrogen-bond acceptors (Lipinski definition) is 2. The summed E-state index contributed by atoms with van der Waals surface area (Å²) in [6.45, 7) is 0. The summed E-state index contributed by atoms with van der Waals surface area (Å²) >= 11 is 0.428. The summed E-state index contributed by atoms with van der Waals surface area (Å²) in [4.78, 5) is 4.33. The first kappa shape index (κ1) is 37.4. The standard InChI is InChI=1S/2C28H23NSe/c2*1-29(2)19-15-17-20(18-16-19)30-28-24-12-6-3-9-21(24)27(22-10-4-7-13-25(22)28)23-11-5-8-14-26(23)28/h2*3-18,27H,1-2H3. The van der Waals surface area contributed by atoms with Crippen LogP contribution in [0.1, 0.15) is 78.6 Å². The molecule has 4 bridgehead atoms. The van der Waals surface area contributed by atoms with Gasteiger partial charge in [0.15, 0.2) is 0 Å². The van der Waals surface area contributed by atoms with Crippen molar-refractivity contribution >= 4 is 50.2 Å². The van der Waals surface area contributed by atoms with Gasteiger partial charge in [0.25, 0.3) is 0 Å². The molecule has 0 saturated carbocycles. The third-order valence-electron chi connectivity index (χ3n) is 13.2. The van der Waals surface area contributed by atoms with E-state index in [-0.39, 0.29) is 38.5 Å². The summed E-state index contributed by atoms with van der Waals surface area (Å²) in [6.07, 6.45) is 0. The van der Waals surface area contributed by atoms with E-state index >= 15 is 0 Å². The van der Waals surface area contributed by atoms with Gasteiger partial charge >= 0.3 is 370 Å². The van der Waals surface area contributed by atoms with Gasteiger partial charge in [0, 0.05) is 0 Å². The van der Waals surface area contributed by atoms with E-state index in [2.05, 4.69) is 232 Å². The zero-order chi connectivity index (χ0) is 40.6. The Morgan fingerprint density at radius 1 is 0.300 bits per heavy atom. The van der Waals surface area contributed by atoms with Crippen LogP contribution in [0.25, 0.3) is 0 Å². The summed E-state index contributed by atoms with van der Waals surface area (Å²) in [5.74, 6) is 0.699. The Kier molecular flexibility index (Phi) is 9.07. The molecule has 0 amide bonds. The fourth-order valence-electron chi connectivity index (χ4n) is 10.6. The molecule has 2 nitrogen and oxygen atoms in total. The maximum atomic E-state index is 2.38. The second-order valence-electron chi connectivity index (χ2n) is 16.7. The Balaban J connectivity index is 0.000000136. The second kappa shape index (κ2) is 14.5. The Hall–Kier alpha value is -5.60. The molecule has 0 fully saturated rings. The first-order valence-corrected chi connectivity index (χ1v) is 24.3. The minimum absolute atomic E-state index is 0.0782. The van der Waals surface area contributed by atoms with E-state index in [1.54, 1.807) is 0 Å². The molecule has 0 saturated heterocycles. The molecule has 0 radical (unpaired) electrons. The van der Waals surface area contributed by atoms with Crippen molar-refractivity contribution in [2.45, 2.75) is 20.5 Å². The van der Waals surface area contributed by atoms with Crippen LogP contribution in [0.15, 0.2) is 194 Å². The van der Waals surface area contributed by atoms with Crippen LogP contribution >= 0.6 is 0 Å². The van der Waals surface area contributed by atoms with Crippen molar-refractivity contribution in [3.8, 4) is 0 Å². The van der Waals surface area contributed by atoms with Crippen LogP contribution < -0.4 is 18.7 Å². The molecule has 0 heterocycles. The van der Waals surface area contributed by atoms with E-state index in [0.29, 0.717) is 11.8 Å². The van der Waals surface area contributed by atoms with Crippen LogP contribution in [-0.2, 0) is 8.63 Å². The molecule has 14 rings (SSSR count). The Morgan fingerprint density at radius 2 is 0.517 bits per heavy atom. The van der Waals surface area contributed by atoms with E-state index in [1.807, 2.05) is 0 Å². The van der Waals surface area contributed by atoms with Gasteiger partial charge < -0.3 is 0 Å². The predicted molar refractivity (Wildman–Crippen MR) is 253 cm³/mol. The van der Waals surface area contributed by atoms with E-state index in [1.165, 1.54) is 87.1 Å². The van der Waals surface area contributed by atoms with E-state index in [0.717, 1.165) is 0 Å². The summed E-state index contributed by atoms with van der Waals surface area (Å²) in [7, 11) is 8.40. The summed E-state index contributed by atoms with van der Waals surface area (Å²) in [5, 5.41) is 0. The minimum atomic E-state index is -0.0782. The van der Waals surface area contributed by atoms with Crippen LogP contribution in [0, 0.1) is 0 Å². The van der Waals surface area contributed by atoms with Gasteiger partial charge in [0.1, 0.15) is 0 Å². The molecule has 0 N–H and O–H groups in total. The van der Waals surface area contributed by atoms with E-state index in [4.69, 9.17) is 0 Å². The van der Waals surface area contributed by atoms with Crippen molar-refractivity contribution in [3.63, 3.8) is 0 Å². The maximum absolute atomic E-state index is 2.38. The molecule has 0 unspecified atom stereocenters. The number of rotatable bonds is 6. The first-order valence-electron chi connectivity index (χ1n) is 20.9. The van der Waals surface area contributed by atoms with Gasteiger partial charge in [0.05, 0.1) is 0 Å². The number of hydrogen-bond donors (Lipinski definition) is 0. The van der Waals surface area contributed by atoms with Gasteiger partial charge in [-0.2, -0.15) is 0 Å². The van der Waals surface area contributed by atoms with Gasteiger partial charge in [-0.05, 0) is 0 Å². The molecular weight excluding hydrogens is 859 g/mol. The van der Waals surface area contributed by atoms with Crippen LogP contribution in [0.2, 0.25) is 0 Å². The molecule has 0 atom stereocenters. The molecule has 4 heteroatoms. The third-order valence-corrected chi connectivity index (χ3v) is 19.3. The fraction of sp³-hybridized carbons (Fsp3) is 0.143. The molecule has 60 heavy (non-hydrogen) atoms. The van der Waals surface area contributed by atoms with Crippen molar-refractivity contribution in [2.24, 2.45) is 0 Å². The Labute approximate surface area is 367 Å². The van der Waals surface area contributed by atoms with Crippen molar-refractivity contribution in [2.75, 3.05) is 38.0 Å². The number of nitrogens with zero attached hydrogens (tertiary/aromatic N) is 2. The molecule has 8 aromatic carbocycles. The second-order valence-corrected chi connectivity index (χ2v) is 22.1. The zero-order valence-corrected chi connectivity index (χ0v) is 37.8. The van der Waals surface area contributed by atoms with Gasteiger partial charge in [-0.3, -0.25) is 0 Å². The molecule has 0 aromatic heterocycles. The van der Waals surface area contributed by atoms with Gasteiger partial charge in [0.2, 0.25) is 0 Å². The Bertz CT molecular complexity index is 2480. The Morgan fingerprint density at radius 3 is 0.733 bits per heavy atom. The predicted octanol–water partition coefficient (Wildman–Crippen LogP) is 9.76. The van der Waals surface area contributed by atoms with Gasteiger partial charge in [-0.1, -0.05) is 0 Å². The third kappa shape index (κ3) is 5.52. The SMILES string of the molecule is CN(C)c1ccc([Se]C23c4ccccc4C(c4ccccc42)c2ccccc23)cc1.CN(C)c1ccc([Se]C23c4ccccc4C(c4ccccc42)c2ccccc23)cc1. The average molecular weight is 905 g/mol. The first-order chi connectivity index (χ1) is 29.4. The summed E-state index contributed by atoms with van der Waals surface area (Å²) in [5.41, 5.74) is 20.4. The van der Waals surface area contributed by atoms with Crippen LogP contribution in [0.4, 0.5) is 11.4 Å². The van der Waals surface area contributed by atoms with Crippen molar-refractivity contribution in [3.05, 3.63) is 261 Å². The fourth-order valence-corrected chi connectivity index (χ4v) is 16.9. The van der Waals surface area contributed by atoms with Crippen LogP contribution in [0.3, 0.4) is 0 Å². The average Bonchev–Trinajstić information content (AvgIpc) is 3.30. The number of anilines is 2. The summed E-state index contributed by atoms with van der Waals surface area (Å²) < 4.78 is 2.72. The molecule has 6 aliphatic rings. The normalized spacial score (nSPS) is 20.3. The van der Waals surface area contributed by atoms with Crippen LogP contribution in [0.5, 0.6) is 0 Å². The molecule has 0 aliphatic heterocycles. The van der Waals surface area contributed by atoms with Crippen molar-refractivity contribution in [1.29, 1.82) is 0 Å². The summed E-state index contributed by atoms with van der Waals surface area (Å²) in [6, 6.07) is 73.3. The van der Waals surface area contributed by atoms with Gasteiger partial charge in [-0.25, -0.2) is 0 Å².